The molecule has 2 saturated carbocycles. The Morgan fingerprint density at radius 1 is 0.854 bits per heavy atom. The van der Waals surface area contributed by atoms with E-state index in [9.17, 15) is 4.79 Å². The lowest BCUT2D eigenvalue weighted by atomic mass is 9.95. The summed E-state index contributed by atoms with van der Waals surface area (Å²) in [5.74, 6) is 2.08. The number of benzene rings is 2. The predicted octanol–water partition coefficient (Wildman–Crippen LogP) is 8.37. The molecule has 5 rings (SSSR count). The molecule has 0 bridgehead atoms. The van der Waals surface area contributed by atoms with E-state index >= 15 is 0 Å². The summed E-state index contributed by atoms with van der Waals surface area (Å²) in [4.78, 5) is 18.0. The van der Waals surface area contributed by atoms with Crippen LogP contribution in [0.25, 0.3) is 0 Å². The molecule has 222 valence electrons. The van der Waals surface area contributed by atoms with Gasteiger partial charge in [-0.3, -0.25) is 4.79 Å². The Balaban J connectivity index is 1.23. The maximum Gasteiger partial charge on any atom is 0.318 e. The highest BCUT2D eigenvalue weighted by molar-refractivity contribution is 14.1. The number of rotatable bonds is 9. The van der Waals surface area contributed by atoms with Gasteiger partial charge in [0.2, 0.25) is 0 Å². The number of nitrogens with one attached hydrogen (secondary N) is 1. The van der Waals surface area contributed by atoms with Crippen LogP contribution in [0.1, 0.15) is 69.8 Å². The van der Waals surface area contributed by atoms with E-state index in [0.717, 1.165) is 69.4 Å². The van der Waals surface area contributed by atoms with E-state index in [1.807, 2.05) is 24.3 Å². The van der Waals surface area contributed by atoms with Crippen LogP contribution < -0.4 is 14.8 Å². The van der Waals surface area contributed by atoms with Crippen molar-refractivity contribution in [3.63, 3.8) is 0 Å². The number of nitrogens with zero attached hydrogens (tertiary/aromatic N) is 1. The molecule has 3 fully saturated rings. The quantitative estimate of drug-likeness (QED) is 0.0895. The van der Waals surface area contributed by atoms with Crippen molar-refractivity contribution in [3.8, 4) is 17.2 Å². The first kappa shape index (κ1) is 32.3. The van der Waals surface area contributed by atoms with Gasteiger partial charge in [0.05, 0.1) is 33.4 Å². The molecule has 0 aromatic heterocycles. The number of ether oxygens (including phenoxy) is 4. The van der Waals surface area contributed by atoms with Crippen LogP contribution in [0.15, 0.2) is 29.3 Å². The predicted molar refractivity (Wildman–Crippen MR) is 193 cm³/mol. The summed E-state index contributed by atoms with van der Waals surface area (Å²) in [7, 11) is 0. The molecule has 0 radical (unpaired) electrons. The number of halogens is 4. The van der Waals surface area contributed by atoms with E-state index in [4.69, 9.17) is 23.9 Å². The number of epoxide rings is 1. The van der Waals surface area contributed by atoms with E-state index < -0.39 is 0 Å². The number of carbonyl (C=O) groups excluding carboxylic acids is 1. The van der Waals surface area contributed by atoms with Crippen molar-refractivity contribution in [1.82, 2.24) is 5.32 Å². The van der Waals surface area contributed by atoms with Crippen molar-refractivity contribution >= 4 is 102 Å². The normalized spacial score (nSPS) is 20.0. The Hall–Kier alpha value is -0.140. The van der Waals surface area contributed by atoms with Gasteiger partial charge in [-0.05, 0) is 146 Å². The van der Waals surface area contributed by atoms with Crippen molar-refractivity contribution in [2.24, 2.45) is 4.99 Å². The first-order valence-corrected chi connectivity index (χ1v) is 18.6. The highest BCUT2D eigenvalue weighted by Gasteiger charge is 2.25. The molecule has 1 unspecified atom stereocenters. The fourth-order valence-corrected chi connectivity index (χ4v) is 9.34. The lowest BCUT2D eigenvalue weighted by Crippen LogP contribution is -2.39. The Morgan fingerprint density at radius 2 is 1.44 bits per heavy atom. The average molecular weight is 1010 g/mol. The maximum absolute atomic E-state index is 13.1. The minimum absolute atomic E-state index is 0.175. The molecule has 2 aromatic rings. The van der Waals surface area contributed by atoms with E-state index in [1.54, 1.807) is 0 Å². The van der Waals surface area contributed by atoms with Crippen LogP contribution in [0, 0.1) is 14.3 Å². The molecular formula is C30H34I4N2O5. The first-order chi connectivity index (χ1) is 19.8. The zero-order chi connectivity index (χ0) is 28.8. The number of esters is 1. The summed E-state index contributed by atoms with van der Waals surface area (Å²) in [6, 6.07) is 8.94. The highest BCUT2D eigenvalue weighted by Crippen LogP contribution is 2.38. The Bertz CT molecular complexity index is 1210. The molecule has 1 N–H and O–H groups in total. The molecule has 1 atom stereocenters. The fourth-order valence-electron chi connectivity index (χ4n) is 5.20. The molecule has 3 aliphatic rings. The third-order valence-electron chi connectivity index (χ3n) is 7.43. The van der Waals surface area contributed by atoms with E-state index in [0.29, 0.717) is 18.7 Å². The van der Waals surface area contributed by atoms with E-state index in [2.05, 4.69) is 95.7 Å². The second-order valence-electron chi connectivity index (χ2n) is 10.8. The highest BCUT2D eigenvalue weighted by atomic mass is 127. The third kappa shape index (κ3) is 9.93. The summed E-state index contributed by atoms with van der Waals surface area (Å²) in [6.07, 6.45) is 12.1. The zero-order valence-corrected chi connectivity index (χ0v) is 31.4. The van der Waals surface area contributed by atoms with Gasteiger partial charge in [0, 0.05) is 6.04 Å². The van der Waals surface area contributed by atoms with Gasteiger partial charge in [-0.2, -0.15) is 0 Å². The first-order valence-electron chi connectivity index (χ1n) is 14.3. The summed E-state index contributed by atoms with van der Waals surface area (Å²) in [5.41, 5.74) is 0.890. The number of aliphatic imine (C=N–C) groups is 1. The van der Waals surface area contributed by atoms with Crippen LogP contribution in [-0.2, 0) is 20.7 Å². The smallest absolute Gasteiger partial charge is 0.318 e. The van der Waals surface area contributed by atoms with Gasteiger partial charge in [-0.1, -0.05) is 38.5 Å². The SMILES string of the molecule is O=C(Cc1cc(I)c(Oc2cc(I)c(OCC3CO3)c(I)c2)c(I)c1)O/C(=N/C1CCCCC1)NC1CCCCC1. The topological polar surface area (TPSA) is 81.7 Å². The third-order valence-corrected chi connectivity index (χ3v) is 10.6. The Kier molecular flexibility index (Phi) is 12.4. The molecule has 7 nitrogen and oxygen atoms in total. The largest absolute Gasteiger partial charge is 0.489 e. The van der Waals surface area contributed by atoms with Gasteiger partial charge >= 0.3 is 5.97 Å². The minimum Gasteiger partial charge on any atom is -0.489 e. The zero-order valence-electron chi connectivity index (χ0n) is 22.7. The van der Waals surface area contributed by atoms with Crippen LogP contribution in [0.2, 0.25) is 0 Å². The van der Waals surface area contributed by atoms with E-state index in [-0.39, 0.29) is 24.5 Å². The molecule has 1 heterocycles. The average Bonchev–Trinajstić information content (AvgIpc) is 3.76. The Labute approximate surface area is 296 Å². The molecule has 0 spiro atoms. The van der Waals surface area contributed by atoms with Crippen molar-refractivity contribution in [3.05, 3.63) is 44.1 Å². The standard InChI is InChI=1S/C30H34I4N2O5/c31-23-11-18(12-24(32)29(23)40-21-14-25(33)28(26(34)15-21)39-17-22-16-38-22)13-27(37)41-30(35-19-7-3-1-4-8-19)36-20-9-5-2-6-10-20/h11-12,14-15,19-20,22H,1-10,13,16-17H2,(H,35,36). The molecule has 11 heteroatoms. The van der Waals surface area contributed by atoms with Gasteiger partial charge in [-0.25, -0.2) is 4.99 Å². The van der Waals surface area contributed by atoms with Gasteiger partial charge in [-0.15, -0.1) is 0 Å². The van der Waals surface area contributed by atoms with Gasteiger partial charge in [0.1, 0.15) is 24.2 Å². The van der Waals surface area contributed by atoms with Gasteiger partial charge in [0.15, 0.2) is 5.75 Å². The van der Waals surface area contributed by atoms with Crippen LogP contribution in [0.5, 0.6) is 17.2 Å². The van der Waals surface area contributed by atoms with Crippen LogP contribution in [0.3, 0.4) is 0 Å². The summed E-state index contributed by atoms with van der Waals surface area (Å²) in [5, 5.41) is 3.48. The molecule has 0 amide bonds. The number of hydrogen-bond acceptors (Lipinski definition) is 6. The number of carbonyl (C=O) groups is 1. The van der Waals surface area contributed by atoms with Crippen LogP contribution in [-0.4, -0.2) is 43.4 Å². The lowest BCUT2D eigenvalue weighted by Gasteiger charge is -2.25. The van der Waals surface area contributed by atoms with E-state index in [1.165, 1.54) is 38.5 Å². The molecule has 1 saturated heterocycles. The van der Waals surface area contributed by atoms with Crippen LogP contribution >= 0.6 is 90.4 Å². The Morgan fingerprint density at radius 3 is 2.05 bits per heavy atom. The molecule has 2 aliphatic carbocycles. The monoisotopic (exact) mass is 1010 g/mol. The second kappa shape index (κ2) is 15.7. The van der Waals surface area contributed by atoms with Crippen molar-refractivity contribution in [2.75, 3.05) is 13.2 Å². The molecular weight excluding hydrogens is 976 g/mol. The van der Waals surface area contributed by atoms with Crippen molar-refractivity contribution in [1.29, 1.82) is 0 Å². The van der Waals surface area contributed by atoms with Crippen molar-refractivity contribution in [2.45, 2.75) is 88.8 Å². The summed E-state index contributed by atoms with van der Waals surface area (Å²) >= 11 is 9.11. The maximum atomic E-state index is 13.1. The fraction of sp³-hybridized carbons (Fsp3) is 0.533. The number of hydrogen-bond donors (Lipinski definition) is 1. The van der Waals surface area contributed by atoms with Crippen LogP contribution in [0.4, 0.5) is 0 Å². The minimum atomic E-state index is -0.292. The van der Waals surface area contributed by atoms with Gasteiger partial charge in [0.25, 0.3) is 6.02 Å². The lowest BCUT2D eigenvalue weighted by molar-refractivity contribution is -0.135. The summed E-state index contributed by atoms with van der Waals surface area (Å²) in [6.45, 7) is 1.34. The molecule has 2 aromatic carbocycles. The summed E-state index contributed by atoms with van der Waals surface area (Å²) < 4.78 is 27.3. The molecule has 41 heavy (non-hydrogen) atoms. The second-order valence-corrected chi connectivity index (χ2v) is 15.5. The molecule has 1 aliphatic heterocycles. The number of amidine groups is 1. The van der Waals surface area contributed by atoms with Crippen molar-refractivity contribution < 1.29 is 23.7 Å². The van der Waals surface area contributed by atoms with Gasteiger partial charge < -0.3 is 24.3 Å².